The van der Waals surface area contributed by atoms with Gasteiger partial charge in [0.05, 0.1) is 24.9 Å². The molecule has 6 heteroatoms. The van der Waals surface area contributed by atoms with E-state index in [0.717, 1.165) is 24.4 Å². The van der Waals surface area contributed by atoms with Crippen molar-refractivity contribution in [2.45, 2.75) is 12.6 Å². The summed E-state index contributed by atoms with van der Waals surface area (Å²) in [6.07, 6.45) is 6.54. The van der Waals surface area contributed by atoms with Crippen molar-refractivity contribution >= 4 is 0 Å². The molecule has 0 saturated carbocycles. The molecule has 0 radical (unpaired) electrons. The Morgan fingerprint density at radius 1 is 1.29 bits per heavy atom. The molecule has 0 unspecified atom stereocenters. The molecule has 1 aliphatic rings. The number of furan rings is 1. The quantitative estimate of drug-likeness (QED) is 0.738. The van der Waals surface area contributed by atoms with Crippen molar-refractivity contribution in [3.63, 3.8) is 0 Å². The van der Waals surface area contributed by atoms with Gasteiger partial charge in [-0.1, -0.05) is 6.07 Å². The zero-order valence-electron chi connectivity index (χ0n) is 13.1. The van der Waals surface area contributed by atoms with Gasteiger partial charge in [0, 0.05) is 32.0 Å². The molecule has 0 bridgehead atoms. The summed E-state index contributed by atoms with van der Waals surface area (Å²) in [5.74, 6) is 0.586. The zero-order chi connectivity index (χ0) is 16.4. The number of imidazole rings is 1. The molecule has 24 heavy (non-hydrogen) atoms. The van der Waals surface area contributed by atoms with Crippen LogP contribution < -0.4 is 0 Å². The minimum Gasteiger partial charge on any atom is -0.467 e. The van der Waals surface area contributed by atoms with E-state index in [9.17, 15) is 4.39 Å². The molecule has 4 rings (SSSR count). The lowest BCUT2D eigenvalue weighted by molar-refractivity contribution is -0.0428. The van der Waals surface area contributed by atoms with Crippen molar-refractivity contribution in [2.24, 2.45) is 0 Å². The summed E-state index contributed by atoms with van der Waals surface area (Å²) in [7, 11) is 0. The molecule has 3 aromatic rings. The van der Waals surface area contributed by atoms with Crippen LogP contribution in [-0.4, -0.2) is 34.1 Å². The van der Waals surface area contributed by atoms with Gasteiger partial charge in [-0.2, -0.15) is 0 Å². The van der Waals surface area contributed by atoms with Gasteiger partial charge in [-0.15, -0.1) is 0 Å². The number of benzene rings is 1. The highest BCUT2D eigenvalue weighted by atomic mass is 19.1. The van der Waals surface area contributed by atoms with Crippen LogP contribution in [0.5, 0.6) is 0 Å². The van der Waals surface area contributed by atoms with Gasteiger partial charge >= 0.3 is 0 Å². The smallest absolute Gasteiger partial charge is 0.147 e. The van der Waals surface area contributed by atoms with Crippen LogP contribution in [0.1, 0.15) is 17.4 Å². The van der Waals surface area contributed by atoms with E-state index in [4.69, 9.17) is 9.15 Å². The Morgan fingerprint density at radius 3 is 3.00 bits per heavy atom. The first kappa shape index (κ1) is 15.1. The van der Waals surface area contributed by atoms with Crippen molar-refractivity contribution in [2.75, 3.05) is 19.7 Å². The van der Waals surface area contributed by atoms with Crippen LogP contribution in [0, 0.1) is 5.82 Å². The van der Waals surface area contributed by atoms with Crippen molar-refractivity contribution < 1.29 is 13.5 Å². The van der Waals surface area contributed by atoms with E-state index in [-0.39, 0.29) is 11.9 Å². The van der Waals surface area contributed by atoms with Crippen LogP contribution in [0.3, 0.4) is 0 Å². The van der Waals surface area contributed by atoms with Gasteiger partial charge in [0.25, 0.3) is 0 Å². The molecule has 0 amide bonds. The average Bonchev–Trinajstić information content (AvgIpc) is 3.29. The molecule has 0 spiro atoms. The first-order chi connectivity index (χ1) is 11.8. The largest absolute Gasteiger partial charge is 0.467 e. The first-order valence-corrected chi connectivity index (χ1v) is 7.94. The third-order valence-corrected chi connectivity index (χ3v) is 4.21. The van der Waals surface area contributed by atoms with E-state index < -0.39 is 0 Å². The summed E-state index contributed by atoms with van der Waals surface area (Å²) in [5, 5.41) is 0. The second kappa shape index (κ2) is 6.59. The van der Waals surface area contributed by atoms with Crippen molar-refractivity contribution in [3.05, 3.63) is 72.5 Å². The summed E-state index contributed by atoms with van der Waals surface area (Å²) >= 11 is 0. The molecular formula is C18H18FN3O2. The maximum absolute atomic E-state index is 14.4. The molecule has 124 valence electrons. The molecule has 0 aliphatic carbocycles. The Hall–Kier alpha value is -2.44. The topological polar surface area (TPSA) is 43.4 Å². The molecule has 5 nitrogen and oxygen atoms in total. The van der Waals surface area contributed by atoms with Gasteiger partial charge in [-0.05, 0) is 29.8 Å². The standard InChI is InChI=1S/C18H18FN3O2/c19-15-10-14(3-4-16(15)22-6-5-20-13-22)11-21-7-9-24-18(12-21)17-2-1-8-23-17/h1-6,8,10,13,18H,7,9,11-12H2/t18-/m1/s1. The zero-order valence-corrected chi connectivity index (χ0v) is 13.1. The van der Waals surface area contributed by atoms with E-state index in [1.807, 2.05) is 18.2 Å². The number of hydrogen-bond acceptors (Lipinski definition) is 4. The van der Waals surface area contributed by atoms with Gasteiger partial charge in [0.2, 0.25) is 0 Å². The van der Waals surface area contributed by atoms with E-state index in [1.54, 1.807) is 41.7 Å². The summed E-state index contributed by atoms with van der Waals surface area (Å²) in [4.78, 5) is 6.21. The molecule has 0 N–H and O–H groups in total. The number of aromatic nitrogens is 2. The van der Waals surface area contributed by atoms with Crippen LogP contribution in [0.2, 0.25) is 0 Å². The summed E-state index contributed by atoms with van der Waals surface area (Å²) in [6.45, 7) is 2.88. The average molecular weight is 327 g/mol. The van der Waals surface area contributed by atoms with Gasteiger partial charge in [0.15, 0.2) is 0 Å². The number of morpholine rings is 1. The molecule has 1 saturated heterocycles. The maximum atomic E-state index is 14.4. The summed E-state index contributed by atoms with van der Waals surface area (Å²) in [5.41, 5.74) is 1.45. The number of halogens is 1. The fraction of sp³-hybridized carbons (Fsp3) is 0.278. The highest BCUT2D eigenvalue weighted by molar-refractivity contribution is 5.36. The lowest BCUT2D eigenvalue weighted by atomic mass is 10.1. The monoisotopic (exact) mass is 327 g/mol. The molecule has 1 atom stereocenters. The second-order valence-corrected chi connectivity index (χ2v) is 5.87. The summed E-state index contributed by atoms with van der Waals surface area (Å²) in [6, 6.07) is 9.12. The van der Waals surface area contributed by atoms with Gasteiger partial charge in [0.1, 0.15) is 17.7 Å². The molecular weight excluding hydrogens is 309 g/mol. The van der Waals surface area contributed by atoms with E-state index >= 15 is 0 Å². The normalized spacial score (nSPS) is 18.8. The predicted molar refractivity (Wildman–Crippen MR) is 86.2 cm³/mol. The SMILES string of the molecule is Fc1cc(CN2CCO[C@@H](c3ccco3)C2)ccc1-n1ccnc1. The first-order valence-electron chi connectivity index (χ1n) is 7.94. The predicted octanol–water partition coefficient (Wildman–Crippen LogP) is 3.18. The highest BCUT2D eigenvalue weighted by Gasteiger charge is 2.24. The number of nitrogens with zero attached hydrogens (tertiary/aromatic N) is 3. The van der Waals surface area contributed by atoms with Crippen molar-refractivity contribution in [3.8, 4) is 5.69 Å². The Bertz CT molecular complexity index is 787. The minimum absolute atomic E-state index is 0.0659. The third kappa shape index (κ3) is 3.11. The van der Waals surface area contributed by atoms with Crippen LogP contribution in [0.15, 0.2) is 59.7 Å². The van der Waals surface area contributed by atoms with Gasteiger partial charge < -0.3 is 13.7 Å². The molecule has 1 fully saturated rings. The summed E-state index contributed by atoms with van der Waals surface area (Å²) < 4.78 is 27.2. The second-order valence-electron chi connectivity index (χ2n) is 5.87. The van der Waals surface area contributed by atoms with Crippen LogP contribution >= 0.6 is 0 Å². The van der Waals surface area contributed by atoms with Crippen molar-refractivity contribution in [1.29, 1.82) is 0 Å². The van der Waals surface area contributed by atoms with Crippen LogP contribution in [0.4, 0.5) is 4.39 Å². The third-order valence-electron chi connectivity index (χ3n) is 4.21. The Labute approximate surface area is 139 Å². The molecule has 1 aromatic carbocycles. The highest BCUT2D eigenvalue weighted by Crippen LogP contribution is 2.24. The molecule has 3 heterocycles. The van der Waals surface area contributed by atoms with E-state index in [1.165, 1.54) is 0 Å². The minimum atomic E-state index is -0.249. The lowest BCUT2D eigenvalue weighted by Crippen LogP contribution is -2.37. The fourth-order valence-corrected chi connectivity index (χ4v) is 3.01. The van der Waals surface area contributed by atoms with E-state index in [2.05, 4.69) is 9.88 Å². The van der Waals surface area contributed by atoms with Crippen LogP contribution in [0.25, 0.3) is 5.69 Å². The van der Waals surface area contributed by atoms with E-state index in [0.29, 0.717) is 18.8 Å². The Morgan fingerprint density at radius 2 is 2.25 bits per heavy atom. The Balaban J connectivity index is 1.46. The van der Waals surface area contributed by atoms with Gasteiger partial charge in [-0.25, -0.2) is 9.37 Å². The van der Waals surface area contributed by atoms with Crippen molar-refractivity contribution in [1.82, 2.24) is 14.5 Å². The maximum Gasteiger partial charge on any atom is 0.147 e. The fourth-order valence-electron chi connectivity index (χ4n) is 3.01. The van der Waals surface area contributed by atoms with Gasteiger partial charge in [-0.3, -0.25) is 4.90 Å². The van der Waals surface area contributed by atoms with Crippen LogP contribution in [-0.2, 0) is 11.3 Å². The molecule has 2 aromatic heterocycles. The Kier molecular flexibility index (Phi) is 4.15. The molecule has 1 aliphatic heterocycles. The number of hydrogen-bond donors (Lipinski definition) is 0. The number of rotatable bonds is 4. The lowest BCUT2D eigenvalue weighted by Gasteiger charge is -2.32. The number of ether oxygens (including phenoxy) is 1.